The summed E-state index contributed by atoms with van der Waals surface area (Å²) in [5.74, 6) is -1.32. The van der Waals surface area contributed by atoms with Crippen LogP contribution >= 0.6 is 0 Å². The molecule has 21 heavy (non-hydrogen) atoms. The molecule has 0 radical (unpaired) electrons. The minimum atomic E-state index is -0.730. The molecule has 1 fully saturated rings. The van der Waals surface area contributed by atoms with Gasteiger partial charge in [0.1, 0.15) is 24.0 Å². The van der Waals surface area contributed by atoms with Crippen LogP contribution in [-0.2, 0) is 0 Å². The molecule has 2 N–H and O–H groups in total. The third-order valence-electron chi connectivity index (χ3n) is 3.79. The molecule has 1 saturated heterocycles. The van der Waals surface area contributed by atoms with E-state index in [1.54, 1.807) is 0 Å². The van der Waals surface area contributed by atoms with Crippen molar-refractivity contribution in [1.82, 2.24) is 10.2 Å². The second-order valence-electron chi connectivity index (χ2n) is 5.35. The van der Waals surface area contributed by atoms with Gasteiger partial charge in [-0.15, -0.1) is 0 Å². The first-order valence-electron chi connectivity index (χ1n) is 6.90. The average Bonchev–Trinajstić information content (AvgIpc) is 2.81. The number of fused-ring (bicyclic) bond motifs is 1. The first-order chi connectivity index (χ1) is 10.0. The molecular weight excluding hydrogens is 282 g/mol. The molecule has 3 rings (SSSR count). The number of ether oxygens (including phenoxy) is 1. The van der Waals surface area contributed by atoms with E-state index in [0.717, 1.165) is 18.6 Å². The number of nitrogens with one attached hydrogen (secondary N) is 1. The molecular formula is C14H16F2N2O3. The van der Waals surface area contributed by atoms with E-state index in [4.69, 9.17) is 4.74 Å². The molecule has 0 aromatic heterocycles. The number of likely N-dealkylation sites (tertiary alicyclic amines) is 1. The number of carbonyl (C=O) groups excluding carboxylic acids is 1. The van der Waals surface area contributed by atoms with Crippen LogP contribution in [0.5, 0.6) is 5.75 Å². The van der Waals surface area contributed by atoms with Gasteiger partial charge in [-0.1, -0.05) is 0 Å². The van der Waals surface area contributed by atoms with Gasteiger partial charge in [-0.05, 0) is 12.8 Å². The maximum Gasteiger partial charge on any atom is 0.318 e. The summed E-state index contributed by atoms with van der Waals surface area (Å²) in [6, 6.07) is 0.859. The number of halogens is 2. The molecule has 0 bridgehead atoms. The van der Waals surface area contributed by atoms with Crippen molar-refractivity contribution < 1.29 is 23.4 Å². The lowest BCUT2D eigenvalue weighted by molar-refractivity contribution is 0.0829. The Labute approximate surface area is 120 Å². The molecule has 0 aliphatic carbocycles. The quantitative estimate of drug-likeness (QED) is 0.827. The van der Waals surface area contributed by atoms with Gasteiger partial charge in [0.2, 0.25) is 0 Å². The van der Waals surface area contributed by atoms with Crippen molar-refractivity contribution in [3.05, 3.63) is 29.3 Å². The van der Waals surface area contributed by atoms with Crippen LogP contribution in [0.15, 0.2) is 12.1 Å². The van der Waals surface area contributed by atoms with Crippen LogP contribution in [0.1, 0.15) is 24.4 Å². The fraction of sp³-hybridized carbons (Fsp3) is 0.500. The van der Waals surface area contributed by atoms with Gasteiger partial charge >= 0.3 is 6.03 Å². The monoisotopic (exact) mass is 298 g/mol. The molecule has 0 spiro atoms. The van der Waals surface area contributed by atoms with Crippen molar-refractivity contribution in [2.45, 2.75) is 25.0 Å². The van der Waals surface area contributed by atoms with Gasteiger partial charge in [0, 0.05) is 25.2 Å². The summed E-state index contributed by atoms with van der Waals surface area (Å²) in [7, 11) is 0. The number of benzene rings is 1. The van der Waals surface area contributed by atoms with E-state index in [1.807, 2.05) is 0 Å². The molecule has 0 saturated carbocycles. The Balaban J connectivity index is 1.72. The Hall–Kier alpha value is -1.89. The van der Waals surface area contributed by atoms with E-state index in [0.29, 0.717) is 13.0 Å². The van der Waals surface area contributed by atoms with Crippen LogP contribution in [-0.4, -0.2) is 41.8 Å². The molecule has 2 amide bonds. The number of carbonyl (C=O) groups is 1. The highest BCUT2D eigenvalue weighted by Crippen LogP contribution is 2.35. The largest absolute Gasteiger partial charge is 0.490 e. The van der Waals surface area contributed by atoms with Crippen LogP contribution < -0.4 is 10.1 Å². The standard InChI is InChI=1S/C14H16F2N2O3/c15-8-4-10(16)13-11(7-21-12(13)5-8)17-14(20)18-3-1-2-9(19)6-18/h4-5,9,11,19H,1-3,6-7H2,(H,17,20)/t9-,11-/m0/s1. The Morgan fingerprint density at radius 2 is 2.24 bits per heavy atom. The second-order valence-corrected chi connectivity index (χ2v) is 5.35. The van der Waals surface area contributed by atoms with Gasteiger partial charge in [0.15, 0.2) is 0 Å². The van der Waals surface area contributed by atoms with Crippen LogP contribution in [0.2, 0.25) is 0 Å². The second kappa shape index (κ2) is 5.48. The maximum absolute atomic E-state index is 13.8. The third kappa shape index (κ3) is 2.78. The Bertz CT molecular complexity index is 567. The zero-order valence-corrected chi connectivity index (χ0v) is 11.3. The Kier molecular flexibility index (Phi) is 3.67. The van der Waals surface area contributed by atoms with E-state index in [1.165, 1.54) is 4.90 Å². The number of hydrogen-bond donors (Lipinski definition) is 2. The molecule has 1 aromatic carbocycles. The number of piperidine rings is 1. The summed E-state index contributed by atoms with van der Waals surface area (Å²) in [6.07, 6.45) is 0.876. The van der Waals surface area contributed by atoms with Crippen LogP contribution in [0.3, 0.4) is 0 Å². The average molecular weight is 298 g/mol. The van der Waals surface area contributed by atoms with E-state index < -0.39 is 23.8 Å². The number of aliphatic hydroxyl groups excluding tert-OH is 1. The normalized spacial score (nSPS) is 24.4. The number of hydrogen-bond acceptors (Lipinski definition) is 3. The van der Waals surface area contributed by atoms with E-state index >= 15 is 0 Å². The van der Waals surface area contributed by atoms with Gasteiger partial charge in [-0.3, -0.25) is 0 Å². The lowest BCUT2D eigenvalue weighted by Crippen LogP contribution is -2.48. The molecule has 0 unspecified atom stereocenters. The molecule has 114 valence electrons. The number of rotatable bonds is 1. The summed E-state index contributed by atoms with van der Waals surface area (Å²) >= 11 is 0. The van der Waals surface area contributed by atoms with Gasteiger partial charge in [0.05, 0.1) is 17.7 Å². The molecule has 2 aliphatic heterocycles. The van der Waals surface area contributed by atoms with Crippen molar-refractivity contribution in [3.63, 3.8) is 0 Å². The van der Waals surface area contributed by atoms with E-state index in [9.17, 15) is 18.7 Å². The fourth-order valence-electron chi connectivity index (χ4n) is 2.77. The SMILES string of the molecule is O=C(N[C@H]1COc2cc(F)cc(F)c21)N1CCC[C@H](O)C1. The van der Waals surface area contributed by atoms with E-state index in [2.05, 4.69) is 5.32 Å². The molecule has 7 heteroatoms. The number of nitrogens with zero attached hydrogens (tertiary/aromatic N) is 1. The number of amides is 2. The maximum atomic E-state index is 13.8. The van der Waals surface area contributed by atoms with Gasteiger partial charge in [0.25, 0.3) is 0 Å². The highest BCUT2D eigenvalue weighted by atomic mass is 19.1. The smallest absolute Gasteiger partial charge is 0.318 e. The topological polar surface area (TPSA) is 61.8 Å². The van der Waals surface area contributed by atoms with Crippen molar-refractivity contribution in [1.29, 1.82) is 0 Å². The van der Waals surface area contributed by atoms with Gasteiger partial charge in [-0.25, -0.2) is 13.6 Å². The predicted molar refractivity (Wildman–Crippen MR) is 69.9 cm³/mol. The Morgan fingerprint density at radius 3 is 3.00 bits per heavy atom. The molecule has 2 atom stereocenters. The number of β-amino-alcohol motifs (C(OH)–C–C–N with tert-alkyl or cyclic N) is 1. The fourth-order valence-corrected chi connectivity index (χ4v) is 2.77. The zero-order chi connectivity index (χ0) is 15.0. The lowest BCUT2D eigenvalue weighted by Gasteiger charge is -2.31. The van der Waals surface area contributed by atoms with Crippen molar-refractivity contribution in [3.8, 4) is 5.75 Å². The minimum Gasteiger partial charge on any atom is -0.490 e. The highest BCUT2D eigenvalue weighted by Gasteiger charge is 2.32. The van der Waals surface area contributed by atoms with Crippen LogP contribution in [0, 0.1) is 11.6 Å². The van der Waals surface area contributed by atoms with Crippen LogP contribution in [0.4, 0.5) is 13.6 Å². The first kappa shape index (κ1) is 14.1. The highest BCUT2D eigenvalue weighted by molar-refractivity contribution is 5.75. The molecule has 2 aliphatic rings. The zero-order valence-electron chi connectivity index (χ0n) is 11.3. The molecule has 2 heterocycles. The predicted octanol–water partition coefficient (Wildman–Crippen LogP) is 1.56. The molecule has 1 aromatic rings. The van der Waals surface area contributed by atoms with Gasteiger partial charge in [-0.2, -0.15) is 0 Å². The summed E-state index contributed by atoms with van der Waals surface area (Å²) in [6.45, 7) is 0.880. The number of urea groups is 1. The van der Waals surface area contributed by atoms with Crippen molar-refractivity contribution >= 4 is 6.03 Å². The van der Waals surface area contributed by atoms with Crippen LogP contribution in [0.25, 0.3) is 0 Å². The summed E-state index contributed by atoms with van der Waals surface area (Å²) < 4.78 is 32.2. The third-order valence-corrected chi connectivity index (χ3v) is 3.79. The van der Waals surface area contributed by atoms with Gasteiger partial charge < -0.3 is 20.1 Å². The molecule has 5 nitrogen and oxygen atoms in total. The van der Waals surface area contributed by atoms with Crippen molar-refractivity contribution in [2.24, 2.45) is 0 Å². The summed E-state index contributed by atoms with van der Waals surface area (Å²) in [5.41, 5.74) is 0.169. The summed E-state index contributed by atoms with van der Waals surface area (Å²) in [5, 5.41) is 12.2. The lowest BCUT2D eigenvalue weighted by atomic mass is 10.1. The first-order valence-corrected chi connectivity index (χ1v) is 6.90. The van der Waals surface area contributed by atoms with Crippen molar-refractivity contribution in [2.75, 3.05) is 19.7 Å². The van der Waals surface area contributed by atoms with E-state index in [-0.39, 0.29) is 30.5 Å². The summed E-state index contributed by atoms with van der Waals surface area (Å²) in [4.78, 5) is 13.6. The number of aliphatic hydroxyl groups is 1. The Morgan fingerprint density at radius 1 is 1.43 bits per heavy atom. The minimum absolute atomic E-state index is 0.0673.